The smallest absolute Gasteiger partial charge is 0.187 e. The van der Waals surface area contributed by atoms with E-state index in [9.17, 15) is 56.2 Å². The van der Waals surface area contributed by atoms with Crippen molar-refractivity contribution in [3.05, 3.63) is 6.61 Å². The molecule has 0 aliphatic carbocycles. The van der Waals surface area contributed by atoms with Crippen LogP contribution in [0.4, 0.5) is 0 Å². The molecule has 0 spiro atoms. The van der Waals surface area contributed by atoms with Crippen LogP contribution in [0.2, 0.25) is 0 Å². The highest BCUT2D eigenvalue weighted by Crippen LogP contribution is 2.42. The lowest BCUT2D eigenvalue weighted by Crippen LogP contribution is -2.77. The van der Waals surface area contributed by atoms with Gasteiger partial charge in [-0.15, -0.1) is 0 Å². The molecule has 0 aromatic carbocycles. The number of rotatable bonds is 6. The standard InChI is InChI=1S/C18H31O15/c19-1-5-9(23)11(25)13(27)16(31-5)18(8(22)4-30-7(3-21)15(18)29)33-17-14(28)12(26)10(24)6(2-20)32-17/h4-17,19-29H,1-3H2/t5-,6-,7-,8-,9-,10-,11+,12+,13+,14+,15-,16-,17+,18-/m1/s1. The summed E-state index contributed by atoms with van der Waals surface area (Å²) in [6.07, 6.45) is -23.8. The van der Waals surface area contributed by atoms with E-state index in [0.717, 1.165) is 6.61 Å². The average Bonchev–Trinajstić information content (AvgIpc) is 2.81. The first-order valence-corrected chi connectivity index (χ1v) is 10.3. The molecule has 0 amide bonds. The zero-order valence-electron chi connectivity index (χ0n) is 17.3. The van der Waals surface area contributed by atoms with Crippen LogP contribution in [-0.2, 0) is 18.9 Å². The molecule has 0 saturated carbocycles. The zero-order valence-corrected chi connectivity index (χ0v) is 17.3. The number of hydrogen-bond acceptors (Lipinski definition) is 15. The molecule has 33 heavy (non-hydrogen) atoms. The van der Waals surface area contributed by atoms with Crippen LogP contribution in [0, 0.1) is 6.61 Å². The van der Waals surface area contributed by atoms with E-state index in [2.05, 4.69) is 0 Å². The first-order valence-electron chi connectivity index (χ1n) is 10.3. The maximum absolute atomic E-state index is 11.0. The third kappa shape index (κ3) is 4.53. The molecule has 3 saturated heterocycles. The summed E-state index contributed by atoms with van der Waals surface area (Å²) >= 11 is 0. The summed E-state index contributed by atoms with van der Waals surface area (Å²) in [5.41, 5.74) is -2.59. The second-order valence-corrected chi connectivity index (χ2v) is 8.30. The van der Waals surface area contributed by atoms with Gasteiger partial charge >= 0.3 is 0 Å². The third-order valence-electron chi connectivity index (χ3n) is 6.34. The van der Waals surface area contributed by atoms with E-state index in [0.29, 0.717) is 0 Å². The van der Waals surface area contributed by atoms with Gasteiger partial charge in [-0.1, -0.05) is 0 Å². The highest BCUT2D eigenvalue weighted by Gasteiger charge is 2.65. The van der Waals surface area contributed by atoms with Crippen LogP contribution in [0.3, 0.4) is 0 Å². The van der Waals surface area contributed by atoms with Gasteiger partial charge in [-0.2, -0.15) is 0 Å². The van der Waals surface area contributed by atoms with Crippen LogP contribution in [0.15, 0.2) is 0 Å². The van der Waals surface area contributed by atoms with Crippen LogP contribution in [0.1, 0.15) is 0 Å². The predicted octanol–water partition coefficient (Wildman–Crippen LogP) is -7.34. The summed E-state index contributed by atoms with van der Waals surface area (Å²) < 4.78 is 21.5. The summed E-state index contributed by atoms with van der Waals surface area (Å²) in [5.74, 6) is 0. The van der Waals surface area contributed by atoms with Gasteiger partial charge in [0, 0.05) is 0 Å². The summed E-state index contributed by atoms with van der Waals surface area (Å²) in [6.45, 7) is -1.79. The van der Waals surface area contributed by atoms with Gasteiger partial charge in [0.05, 0.1) is 19.8 Å². The molecular weight excluding hydrogens is 456 g/mol. The van der Waals surface area contributed by atoms with Crippen LogP contribution in [0.25, 0.3) is 0 Å². The van der Waals surface area contributed by atoms with Crippen molar-refractivity contribution in [3.63, 3.8) is 0 Å². The first kappa shape index (κ1) is 27.0. The van der Waals surface area contributed by atoms with Gasteiger partial charge in [0.25, 0.3) is 0 Å². The molecule has 3 rings (SSSR count). The van der Waals surface area contributed by atoms with Crippen molar-refractivity contribution < 1.29 is 75.1 Å². The molecule has 15 nitrogen and oxygen atoms in total. The summed E-state index contributed by atoms with van der Waals surface area (Å²) in [6, 6.07) is 0. The lowest BCUT2D eigenvalue weighted by molar-refractivity contribution is -0.394. The normalized spacial score (nSPS) is 53.7. The summed E-state index contributed by atoms with van der Waals surface area (Å²) in [4.78, 5) is 0. The monoisotopic (exact) mass is 487 g/mol. The molecule has 14 atom stereocenters. The number of hydrogen-bond donors (Lipinski definition) is 11. The fourth-order valence-corrected chi connectivity index (χ4v) is 4.35. The average molecular weight is 487 g/mol. The van der Waals surface area contributed by atoms with E-state index < -0.39 is 105 Å². The maximum atomic E-state index is 11.0. The highest BCUT2D eigenvalue weighted by molar-refractivity contribution is 5.15. The molecule has 0 bridgehead atoms. The Bertz CT molecular complexity index is 636. The van der Waals surface area contributed by atoms with Gasteiger partial charge < -0.3 is 75.1 Å². The molecule has 3 aliphatic rings. The van der Waals surface area contributed by atoms with Crippen molar-refractivity contribution >= 4 is 0 Å². The second-order valence-electron chi connectivity index (χ2n) is 8.30. The molecule has 15 heteroatoms. The van der Waals surface area contributed by atoms with Crippen molar-refractivity contribution in [2.75, 3.05) is 19.8 Å². The Morgan fingerprint density at radius 3 is 1.70 bits per heavy atom. The molecule has 3 aliphatic heterocycles. The van der Waals surface area contributed by atoms with E-state index in [4.69, 9.17) is 18.9 Å². The molecule has 3 heterocycles. The largest absolute Gasteiger partial charge is 0.394 e. The van der Waals surface area contributed by atoms with E-state index in [1.807, 2.05) is 0 Å². The Morgan fingerprint density at radius 2 is 1.15 bits per heavy atom. The fraction of sp³-hybridized carbons (Fsp3) is 0.944. The number of ether oxygens (including phenoxy) is 4. The number of aliphatic hydroxyl groups is 11. The van der Waals surface area contributed by atoms with Crippen LogP contribution in [-0.4, -0.2) is 161 Å². The van der Waals surface area contributed by atoms with E-state index in [-0.39, 0.29) is 0 Å². The van der Waals surface area contributed by atoms with Crippen molar-refractivity contribution in [2.24, 2.45) is 0 Å². The molecule has 3 fully saturated rings. The summed E-state index contributed by atoms with van der Waals surface area (Å²) in [7, 11) is 0. The second kappa shape index (κ2) is 10.6. The predicted molar refractivity (Wildman–Crippen MR) is 99.6 cm³/mol. The van der Waals surface area contributed by atoms with Crippen LogP contribution >= 0.6 is 0 Å². The van der Waals surface area contributed by atoms with E-state index in [1.54, 1.807) is 0 Å². The molecule has 1 radical (unpaired) electrons. The first-order chi connectivity index (χ1) is 15.5. The van der Waals surface area contributed by atoms with Crippen molar-refractivity contribution in [1.29, 1.82) is 0 Å². The molecule has 193 valence electrons. The Morgan fingerprint density at radius 1 is 0.636 bits per heavy atom. The Balaban J connectivity index is 2.05. The minimum Gasteiger partial charge on any atom is -0.394 e. The molecule has 0 unspecified atom stereocenters. The van der Waals surface area contributed by atoms with E-state index >= 15 is 0 Å². The Hall–Kier alpha value is -0.600. The highest BCUT2D eigenvalue weighted by atomic mass is 16.7. The van der Waals surface area contributed by atoms with Crippen LogP contribution < -0.4 is 0 Å². The molecule has 0 aromatic rings. The van der Waals surface area contributed by atoms with Crippen molar-refractivity contribution in [2.45, 2.75) is 85.1 Å². The van der Waals surface area contributed by atoms with Crippen molar-refractivity contribution in [1.82, 2.24) is 0 Å². The molecular formula is C18H31O15. The Kier molecular flexibility index (Phi) is 8.65. The lowest BCUT2D eigenvalue weighted by Gasteiger charge is -2.56. The van der Waals surface area contributed by atoms with E-state index in [1.165, 1.54) is 0 Å². The topological polar surface area (TPSA) is 259 Å². The lowest BCUT2D eigenvalue weighted by atomic mass is 9.74. The van der Waals surface area contributed by atoms with Gasteiger partial charge in [-0.25, -0.2) is 0 Å². The van der Waals surface area contributed by atoms with Gasteiger partial charge in [0.2, 0.25) is 0 Å². The molecule has 11 N–H and O–H groups in total. The van der Waals surface area contributed by atoms with Gasteiger partial charge in [-0.05, 0) is 0 Å². The minimum atomic E-state index is -2.59. The van der Waals surface area contributed by atoms with Gasteiger partial charge in [-0.3, -0.25) is 0 Å². The Labute approximate surface area is 187 Å². The van der Waals surface area contributed by atoms with Gasteiger partial charge in [0.15, 0.2) is 11.9 Å². The zero-order chi connectivity index (χ0) is 24.7. The van der Waals surface area contributed by atoms with Gasteiger partial charge in [0.1, 0.15) is 79.9 Å². The summed E-state index contributed by atoms with van der Waals surface area (Å²) in [5, 5.41) is 112. The minimum absolute atomic E-state index is 0.721. The quantitative estimate of drug-likeness (QED) is 0.166. The van der Waals surface area contributed by atoms with Crippen LogP contribution in [0.5, 0.6) is 0 Å². The third-order valence-corrected chi connectivity index (χ3v) is 6.34. The number of aliphatic hydroxyl groups excluding tert-OH is 11. The fourth-order valence-electron chi connectivity index (χ4n) is 4.35. The van der Waals surface area contributed by atoms with Crippen molar-refractivity contribution in [3.8, 4) is 0 Å². The SMILES string of the molecule is OC[C@H]1O[C@@H](O[C@]2([C@@H]3O[C@H](CO)[C@@H](O)[C@H](O)[C@@H]3O)[C@H](O)[CH]O[C@H](CO)[C@H]2O)[C@@H](O)[C@@H](O)[C@@H]1O. The maximum Gasteiger partial charge on any atom is 0.187 e. The molecule has 0 aromatic heterocycles.